The Bertz CT molecular complexity index is 557. The molecule has 0 saturated carbocycles. The Kier molecular flexibility index (Phi) is 3.37. The van der Waals surface area contributed by atoms with Gasteiger partial charge < -0.3 is 4.90 Å². The molecule has 0 spiro atoms. The first-order valence-corrected chi connectivity index (χ1v) is 6.87. The van der Waals surface area contributed by atoms with E-state index in [0.717, 1.165) is 13.0 Å². The second-order valence-corrected chi connectivity index (χ2v) is 5.18. The minimum absolute atomic E-state index is 0.451. The van der Waals surface area contributed by atoms with Gasteiger partial charge in [0, 0.05) is 12.2 Å². The average Bonchev–Trinajstić information content (AvgIpc) is 2.49. The van der Waals surface area contributed by atoms with Gasteiger partial charge in [-0.05, 0) is 31.0 Å². The van der Waals surface area contributed by atoms with Crippen molar-refractivity contribution in [3.05, 3.63) is 77.9 Å². The summed E-state index contributed by atoms with van der Waals surface area (Å²) in [5.74, 6) is 0. The lowest BCUT2D eigenvalue weighted by atomic mass is 9.96. The lowest BCUT2D eigenvalue weighted by Crippen LogP contribution is -2.32. The highest BCUT2D eigenvalue weighted by Crippen LogP contribution is 2.33. The smallest absolute Gasteiger partial charge is 0.0580 e. The van der Waals surface area contributed by atoms with Crippen LogP contribution in [0.3, 0.4) is 0 Å². The Hall–Kier alpha value is -2.02. The molecule has 1 aliphatic rings. The first-order valence-electron chi connectivity index (χ1n) is 6.87. The molecule has 0 amide bonds. The quantitative estimate of drug-likeness (QED) is 0.704. The molecule has 1 heteroatoms. The topological polar surface area (TPSA) is 3.24 Å². The molecule has 1 nitrogen and oxygen atoms in total. The summed E-state index contributed by atoms with van der Waals surface area (Å²) in [5, 5.41) is 0. The molecule has 0 bridgehead atoms. The van der Waals surface area contributed by atoms with Gasteiger partial charge in [0.2, 0.25) is 0 Å². The van der Waals surface area contributed by atoms with Gasteiger partial charge >= 0.3 is 0 Å². The van der Waals surface area contributed by atoms with Crippen LogP contribution in [0.4, 0.5) is 5.69 Å². The summed E-state index contributed by atoms with van der Waals surface area (Å²) in [4.78, 5) is 2.50. The summed E-state index contributed by atoms with van der Waals surface area (Å²) in [7, 11) is 0. The molecule has 0 radical (unpaired) electrons. The fraction of sp³-hybridized carbons (Fsp3) is 0.222. The molecule has 1 atom stereocenters. The summed E-state index contributed by atoms with van der Waals surface area (Å²) in [6.45, 7) is 3.24. The average molecular weight is 249 g/mol. The van der Waals surface area contributed by atoms with Crippen molar-refractivity contribution in [3.63, 3.8) is 0 Å². The van der Waals surface area contributed by atoms with E-state index in [1.54, 1.807) is 0 Å². The van der Waals surface area contributed by atoms with Crippen molar-refractivity contribution in [3.8, 4) is 0 Å². The van der Waals surface area contributed by atoms with Crippen LogP contribution in [-0.4, -0.2) is 6.54 Å². The Morgan fingerprint density at radius 2 is 1.53 bits per heavy atom. The first kappa shape index (κ1) is 12.0. The molecule has 2 aromatic rings. The monoisotopic (exact) mass is 249 g/mol. The van der Waals surface area contributed by atoms with E-state index in [4.69, 9.17) is 0 Å². The Morgan fingerprint density at radius 3 is 2.21 bits per heavy atom. The summed E-state index contributed by atoms with van der Waals surface area (Å²) in [6.07, 6.45) is 3.46. The van der Waals surface area contributed by atoms with Crippen LogP contribution in [0.15, 0.2) is 72.3 Å². The van der Waals surface area contributed by atoms with Crippen LogP contribution in [0.25, 0.3) is 0 Å². The van der Waals surface area contributed by atoms with E-state index in [2.05, 4.69) is 78.6 Å². The molecule has 96 valence electrons. The number of benzene rings is 2. The van der Waals surface area contributed by atoms with Crippen LogP contribution < -0.4 is 4.90 Å². The van der Waals surface area contributed by atoms with Gasteiger partial charge in [-0.3, -0.25) is 0 Å². The first-order chi connectivity index (χ1) is 9.34. The molecule has 0 N–H and O–H groups in total. The molecule has 0 saturated heterocycles. The van der Waals surface area contributed by atoms with Crippen LogP contribution in [0.5, 0.6) is 0 Å². The zero-order chi connectivity index (χ0) is 13.1. The van der Waals surface area contributed by atoms with E-state index in [1.807, 2.05) is 0 Å². The normalized spacial score (nSPS) is 19.1. The highest BCUT2D eigenvalue weighted by molar-refractivity contribution is 5.51. The molecule has 19 heavy (non-hydrogen) atoms. The minimum Gasteiger partial charge on any atom is -0.360 e. The van der Waals surface area contributed by atoms with Gasteiger partial charge in [-0.15, -0.1) is 0 Å². The van der Waals surface area contributed by atoms with E-state index < -0.39 is 0 Å². The Morgan fingerprint density at radius 1 is 0.895 bits per heavy atom. The van der Waals surface area contributed by atoms with Crippen molar-refractivity contribution >= 4 is 5.69 Å². The van der Waals surface area contributed by atoms with Crippen molar-refractivity contribution in [2.75, 3.05) is 11.4 Å². The highest BCUT2D eigenvalue weighted by atomic mass is 15.2. The zero-order valence-corrected chi connectivity index (χ0v) is 11.3. The van der Waals surface area contributed by atoms with E-state index in [0.29, 0.717) is 6.04 Å². The van der Waals surface area contributed by atoms with Crippen molar-refractivity contribution in [2.45, 2.75) is 19.4 Å². The zero-order valence-electron chi connectivity index (χ0n) is 11.3. The van der Waals surface area contributed by atoms with E-state index in [-0.39, 0.29) is 0 Å². The summed E-state index contributed by atoms with van der Waals surface area (Å²) in [6, 6.07) is 22.0. The third kappa shape index (κ3) is 2.55. The standard InChI is InChI=1S/C18H19N/c1-15-12-13-18(16-8-4-2-5-9-16)19(14-15)17-10-6-3-7-11-17/h2-12,18H,13-14H2,1H3. The molecule has 3 rings (SSSR count). The highest BCUT2D eigenvalue weighted by Gasteiger charge is 2.23. The molecule has 0 aliphatic carbocycles. The van der Waals surface area contributed by atoms with Crippen LogP contribution in [0, 0.1) is 0 Å². The molecular formula is C18H19N. The van der Waals surface area contributed by atoms with Crippen molar-refractivity contribution in [2.24, 2.45) is 0 Å². The molecule has 2 aromatic carbocycles. The summed E-state index contributed by atoms with van der Waals surface area (Å²) < 4.78 is 0. The maximum atomic E-state index is 2.50. The van der Waals surface area contributed by atoms with E-state index in [1.165, 1.54) is 16.8 Å². The van der Waals surface area contributed by atoms with Crippen molar-refractivity contribution < 1.29 is 0 Å². The fourth-order valence-corrected chi connectivity index (χ4v) is 2.77. The van der Waals surface area contributed by atoms with Crippen LogP contribution in [-0.2, 0) is 0 Å². The molecule has 0 aromatic heterocycles. The SMILES string of the molecule is CC1=CCC(c2ccccc2)N(c2ccccc2)C1. The molecule has 1 heterocycles. The molecule has 0 fully saturated rings. The van der Waals surface area contributed by atoms with Crippen LogP contribution in [0.1, 0.15) is 24.9 Å². The number of hydrogen-bond acceptors (Lipinski definition) is 1. The van der Waals surface area contributed by atoms with Crippen molar-refractivity contribution in [1.82, 2.24) is 0 Å². The van der Waals surface area contributed by atoms with Crippen LogP contribution >= 0.6 is 0 Å². The summed E-state index contributed by atoms with van der Waals surface area (Å²) in [5.41, 5.74) is 4.16. The third-order valence-electron chi connectivity index (χ3n) is 3.76. The maximum absolute atomic E-state index is 2.50. The maximum Gasteiger partial charge on any atom is 0.0580 e. The molecular weight excluding hydrogens is 230 g/mol. The van der Waals surface area contributed by atoms with Gasteiger partial charge in [0.25, 0.3) is 0 Å². The third-order valence-corrected chi connectivity index (χ3v) is 3.76. The second-order valence-electron chi connectivity index (χ2n) is 5.18. The second kappa shape index (κ2) is 5.31. The number of rotatable bonds is 2. The lowest BCUT2D eigenvalue weighted by molar-refractivity contribution is 0.621. The number of nitrogens with zero attached hydrogens (tertiary/aromatic N) is 1. The van der Waals surface area contributed by atoms with Gasteiger partial charge in [-0.25, -0.2) is 0 Å². The number of para-hydroxylation sites is 1. The Labute approximate surface area is 115 Å². The Balaban J connectivity index is 1.97. The van der Waals surface area contributed by atoms with E-state index >= 15 is 0 Å². The largest absolute Gasteiger partial charge is 0.360 e. The van der Waals surface area contributed by atoms with Crippen LogP contribution in [0.2, 0.25) is 0 Å². The molecule has 1 aliphatic heterocycles. The van der Waals surface area contributed by atoms with Gasteiger partial charge in [-0.1, -0.05) is 60.2 Å². The predicted molar refractivity (Wildman–Crippen MR) is 81.3 cm³/mol. The molecule has 1 unspecified atom stereocenters. The minimum atomic E-state index is 0.451. The van der Waals surface area contributed by atoms with Gasteiger partial charge in [0.05, 0.1) is 6.04 Å². The summed E-state index contributed by atoms with van der Waals surface area (Å²) >= 11 is 0. The number of anilines is 1. The van der Waals surface area contributed by atoms with Crippen molar-refractivity contribution in [1.29, 1.82) is 0 Å². The number of hydrogen-bond donors (Lipinski definition) is 0. The van der Waals surface area contributed by atoms with Gasteiger partial charge in [0.1, 0.15) is 0 Å². The predicted octanol–water partition coefficient (Wildman–Crippen LogP) is 4.58. The van der Waals surface area contributed by atoms with Gasteiger partial charge in [-0.2, -0.15) is 0 Å². The fourth-order valence-electron chi connectivity index (χ4n) is 2.77. The van der Waals surface area contributed by atoms with E-state index in [9.17, 15) is 0 Å². The lowest BCUT2D eigenvalue weighted by Gasteiger charge is -2.37. The van der Waals surface area contributed by atoms with Gasteiger partial charge in [0.15, 0.2) is 0 Å².